The third-order valence-electron chi connectivity index (χ3n) is 5.28. The van der Waals surface area contributed by atoms with Crippen LogP contribution in [0.1, 0.15) is 29.8 Å². The molecule has 2 saturated heterocycles. The van der Waals surface area contributed by atoms with E-state index < -0.39 is 0 Å². The maximum Gasteiger partial charge on any atom is 0.272 e. The Balaban J connectivity index is 1.52. The summed E-state index contributed by atoms with van der Waals surface area (Å²) < 4.78 is 5.44. The normalized spacial score (nSPS) is 22.2. The summed E-state index contributed by atoms with van der Waals surface area (Å²) in [4.78, 5) is 22.2. The molecule has 0 radical (unpaired) electrons. The zero-order chi connectivity index (χ0) is 17.1. The second kappa shape index (κ2) is 7.50. The highest BCUT2D eigenvalue weighted by atomic mass is 16.5. The Kier molecular flexibility index (Phi) is 4.95. The number of ether oxygens (including phenoxy) is 1. The van der Waals surface area contributed by atoms with E-state index in [1.54, 1.807) is 0 Å². The van der Waals surface area contributed by atoms with Crippen LogP contribution >= 0.6 is 0 Å². The van der Waals surface area contributed by atoms with Gasteiger partial charge in [0.15, 0.2) is 0 Å². The summed E-state index contributed by atoms with van der Waals surface area (Å²) in [6, 6.07) is 12.1. The monoisotopic (exact) mass is 339 g/mol. The summed E-state index contributed by atoms with van der Waals surface area (Å²) in [5, 5.41) is 1.07. The molecule has 3 heterocycles. The molecule has 1 amide bonds. The van der Waals surface area contributed by atoms with Crippen molar-refractivity contribution in [1.82, 2.24) is 14.8 Å². The van der Waals surface area contributed by atoms with E-state index in [0.29, 0.717) is 5.69 Å². The lowest BCUT2D eigenvalue weighted by Crippen LogP contribution is -2.51. The van der Waals surface area contributed by atoms with Crippen LogP contribution in [0.3, 0.4) is 0 Å². The summed E-state index contributed by atoms with van der Waals surface area (Å²) >= 11 is 0. The highest BCUT2D eigenvalue weighted by Crippen LogP contribution is 2.21. The van der Waals surface area contributed by atoms with Crippen molar-refractivity contribution in [2.24, 2.45) is 0 Å². The highest BCUT2D eigenvalue weighted by Gasteiger charge is 2.30. The van der Waals surface area contributed by atoms with E-state index in [1.807, 2.05) is 36.4 Å². The van der Waals surface area contributed by atoms with Crippen molar-refractivity contribution < 1.29 is 9.53 Å². The van der Waals surface area contributed by atoms with E-state index in [0.717, 1.165) is 63.1 Å². The van der Waals surface area contributed by atoms with E-state index >= 15 is 0 Å². The minimum Gasteiger partial charge on any atom is -0.379 e. The fraction of sp³-hybridized carbons (Fsp3) is 0.500. The average Bonchev–Trinajstić information content (AvgIpc) is 2.68. The lowest BCUT2D eigenvalue weighted by Gasteiger charge is -2.39. The van der Waals surface area contributed by atoms with E-state index in [2.05, 4.69) is 14.8 Å². The van der Waals surface area contributed by atoms with Crippen LogP contribution in [0.15, 0.2) is 36.4 Å². The number of para-hydroxylation sites is 1. The Morgan fingerprint density at radius 2 is 1.92 bits per heavy atom. The first-order valence-corrected chi connectivity index (χ1v) is 9.28. The van der Waals surface area contributed by atoms with Gasteiger partial charge in [0, 0.05) is 37.6 Å². The Hall–Kier alpha value is -1.98. The summed E-state index contributed by atoms with van der Waals surface area (Å²) in [7, 11) is 0. The first-order chi connectivity index (χ1) is 12.3. The number of aromatic nitrogens is 1. The Morgan fingerprint density at radius 3 is 2.80 bits per heavy atom. The SMILES string of the molecule is O=C(c1ccc2ccccc2n1)N1CCCC[C@H]1CN1CCOCC1. The molecule has 0 bridgehead atoms. The van der Waals surface area contributed by atoms with Gasteiger partial charge in [0.2, 0.25) is 0 Å². The molecule has 5 heteroatoms. The molecule has 0 saturated carbocycles. The zero-order valence-corrected chi connectivity index (χ0v) is 14.6. The standard InChI is InChI=1S/C20H25N3O2/c24-20(19-9-8-16-5-1-2-7-18(16)21-19)23-10-4-3-6-17(23)15-22-11-13-25-14-12-22/h1-2,5,7-9,17H,3-4,6,10-15H2/t17-/m0/s1. The fourth-order valence-electron chi connectivity index (χ4n) is 3.87. The van der Waals surface area contributed by atoms with E-state index in [-0.39, 0.29) is 11.9 Å². The van der Waals surface area contributed by atoms with E-state index in [9.17, 15) is 4.79 Å². The number of carbonyl (C=O) groups is 1. The van der Waals surface area contributed by atoms with Gasteiger partial charge in [-0.3, -0.25) is 9.69 Å². The molecule has 1 aromatic heterocycles. The molecule has 132 valence electrons. The molecule has 25 heavy (non-hydrogen) atoms. The largest absolute Gasteiger partial charge is 0.379 e. The van der Waals surface area contributed by atoms with Gasteiger partial charge in [-0.1, -0.05) is 24.3 Å². The van der Waals surface area contributed by atoms with Crippen LogP contribution in [-0.2, 0) is 4.74 Å². The number of hydrogen-bond acceptors (Lipinski definition) is 4. The van der Waals surface area contributed by atoms with Gasteiger partial charge < -0.3 is 9.64 Å². The number of rotatable bonds is 3. The molecule has 0 unspecified atom stereocenters. The van der Waals surface area contributed by atoms with E-state index in [4.69, 9.17) is 4.74 Å². The second-order valence-corrected chi connectivity index (χ2v) is 6.95. The topological polar surface area (TPSA) is 45.7 Å². The second-order valence-electron chi connectivity index (χ2n) is 6.95. The number of pyridine rings is 1. The number of fused-ring (bicyclic) bond motifs is 1. The van der Waals surface area contributed by atoms with Crippen molar-refractivity contribution in [3.63, 3.8) is 0 Å². The number of piperidine rings is 1. The van der Waals surface area contributed by atoms with Crippen LogP contribution in [0.4, 0.5) is 0 Å². The smallest absolute Gasteiger partial charge is 0.272 e. The fourth-order valence-corrected chi connectivity index (χ4v) is 3.87. The van der Waals surface area contributed by atoms with Crippen molar-refractivity contribution in [3.05, 3.63) is 42.1 Å². The third-order valence-corrected chi connectivity index (χ3v) is 5.28. The third kappa shape index (κ3) is 3.67. The molecule has 0 N–H and O–H groups in total. The van der Waals surface area contributed by atoms with Crippen molar-refractivity contribution in [1.29, 1.82) is 0 Å². The number of benzene rings is 1. The molecular weight excluding hydrogens is 314 g/mol. The van der Waals surface area contributed by atoms with Crippen molar-refractivity contribution in [3.8, 4) is 0 Å². The predicted molar refractivity (Wildman–Crippen MR) is 97.7 cm³/mol. The molecule has 2 aromatic rings. The quantitative estimate of drug-likeness (QED) is 0.862. The van der Waals surface area contributed by atoms with Gasteiger partial charge in [-0.2, -0.15) is 0 Å². The maximum atomic E-state index is 13.1. The Bertz CT molecular complexity index is 743. The number of amides is 1. The average molecular weight is 339 g/mol. The van der Waals surface area contributed by atoms with Crippen molar-refractivity contribution >= 4 is 16.8 Å². The maximum absolute atomic E-state index is 13.1. The summed E-state index contributed by atoms with van der Waals surface area (Å²) in [5.74, 6) is 0.0729. The van der Waals surface area contributed by atoms with Gasteiger partial charge in [0.05, 0.1) is 18.7 Å². The predicted octanol–water partition coefficient (Wildman–Crippen LogP) is 2.56. The van der Waals surface area contributed by atoms with Crippen LogP contribution in [0.5, 0.6) is 0 Å². The summed E-state index contributed by atoms with van der Waals surface area (Å²) in [6.07, 6.45) is 3.36. The zero-order valence-electron chi connectivity index (χ0n) is 14.6. The molecule has 4 rings (SSSR count). The van der Waals surface area contributed by atoms with Crippen LogP contribution < -0.4 is 0 Å². The lowest BCUT2D eigenvalue weighted by molar-refractivity contribution is 0.0165. The Labute approximate surface area is 148 Å². The van der Waals surface area contributed by atoms with Crippen LogP contribution in [0, 0.1) is 0 Å². The minimum atomic E-state index is 0.0729. The molecule has 0 aliphatic carbocycles. The van der Waals surface area contributed by atoms with Crippen LogP contribution in [0.25, 0.3) is 10.9 Å². The molecule has 2 aliphatic heterocycles. The number of nitrogens with zero attached hydrogens (tertiary/aromatic N) is 3. The number of morpholine rings is 1. The number of carbonyl (C=O) groups excluding carboxylic acids is 1. The molecule has 0 spiro atoms. The van der Waals surface area contributed by atoms with Gasteiger partial charge in [-0.25, -0.2) is 4.98 Å². The number of likely N-dealkylation sites (tertiary alicyclic amines) is 1. The van der Waals surface area contributed by atoms with Gasteiger partial charge in [0.1, 0.15) is 5.69 Å². The molecule has 1 atom stereocenters. The lowest BCUT2D eigenvalue weighted by atomic mass is 10.0. The Morgan fingerprint density at radius 1 is 1.08 bits per heavy atom. The first kappa shape index (κ1) is 16.5. The molecule has 1 aromatic carbocycles. The van der Waals surface area contributed by atoms with Gasteiger partial charge in [-0.05, 0) is 31.4 Å². The van der Waals surface area contributed by atoms with Crippen molar-refractivity contribution in [2.45, 2.75) is 25.3 Å². The van der Waals surface area contributed by atoms with Crippen molar-refractivity contribution in [2.75, 3.05) is 39.4 Å². The van der Waals surface area contributed by atoms with E-state index in [1.165, 1.54) is 6.42 Å². The molecular formula is C20H25N3O2. The highest BCUT2D eigenvalue weighted by molar-refractivity contribution is 5.95. The van der Waals surface area contributed by atoms with Gasteiger partial charge >= 0.3 is 0 Å². The number of hydrogen-bond donors (Lipinski definition) is 0. The van der Waals surface area contributed by atoms with Gasteiger partial charge in [-0.15, -0.1) is 0 Å². The summed E-state index contributed by atoms with van der Waals surface area (Å²) in [5.41, 5.74) is 1.45. The van der Waals surface area contributed by atoms with Gasteiger partial charge in [0.25, 0.3) is 5.91 Å². The molecule has 2 aliphatic rings. The minimum absolute atomic E-state index is 0.0729. The van der Waals surface area contributed by atoms with Crippen LogP contribution in [0.2, 0.25) is 0 Å². The molecule has 2 fully saturated rings. The van der Waals surface area contributed by atoms with Crippen LogP contribution in [-0.4, -0.2) is 66.1 Å². The first-order valence-electron chi connectivity index (χ1n) is 9.28. The molecule has 5 nitrogen and oxygen atoms in total. The summed E-state index contributed by atoms with van der Waals surface area (Å²) in [6.45, 7) is 5.31.